The van der Waals surface area contributed by atoms with Gasteiger partial charge in [0.1, 0.15) is 5.82 Å². The van der Waals surface area contributed by atoms with Gasteiger partial charge >= 0.3 is 5.69 Å². The molecule has 0 radical (unpaired) electrons. The van der Waals surface area contributed by atoms with Gasteiger partial charge in [-0.25, -0.2) is 4.79 Å². The third kappa shape index (κ3) is 6.05. The van der Waals surface area contributed by atoms with Gasteiger partial charge in [0.05, 0.1) is 19.1 Å². The number of nitrogen functional groups attached to an aromatic ring is 1. The maximum atomic E-state index is 13.3. The van der Waals surface area contributed by atoms with Crippen molar-refractivity contribution >= 4 is 23.3 Å². The van der Waals surface area contributed by atoms with E-state index >= 15 is 0 Å². The number of benzene rings is 1. The highest BCUT2D eigenvalue weighted by Crippen LogP contribution is 2.22. The van der Waals surface area contributed by atoms with E-state index in [2.05, 4.69) is 10.3 Å². The molecule has 0 saturated carbocycles. The quantitative estimate of drug-likeness (QED) is 0.508. The molecule has 1 atom stereocenters. The number of nitrogens with one attached hydrogen (secondary N) is 2. The van der Waals surface area contributed by atoms with E-state index in [0.29, 0.717) is 13.0 Å². The first-order valence-electron chi connectivity index (χ1n) is 10.0. The third-order valence-electron chi connectivity index (χ3n) is 4.71. The first kappa shape index (κ1) is 23.9. The second kappa shape index (κ2) is 11.1. The Labute approximate surface area is 180 Å². The van der Waals surface area contributed by atoms with E-state index in [9.17, 15) is 19.2 Å². The van der Waals surface area contributed by atoms with Gasteiger partial charge in [0.2, 0.25) is 11.8 Å². The fraction of sp³-hybridized carbons (Fsp3) is 0.429. The van der Waals surface area contributed by atoms with Gasteiger partial charge in [0.25, 0.3) is 5.56 Å². The lowest BCUT2D eigenvalue weighted by Crippen LogP contribution is -2.43. The van der Waals surface area contributed by atoms with E-state index in [1.54, 1.807) is 24.3 Å². The number of nitrogens with two attached hydrogens (primary N) is 1. The van der Waals surface area contributed by atoms with Gasteiger partial charge in [-0.1, -0.05) is 37.3 Å². The Kier molecular flexibility index (Phi) is 8.56. The summed E-state index contributed by atoms with van der Waals surface area (Å²) in [4.78, 5) is 53.2. The summed E-state index contributed by atoms with van der Waals surface area (Å²) < 4.78 is 6.32. The molecule has 0 aliphatic rings. The topological polar surface area (TPSA) is 140 Å². The minimum atomic E-state index is -0.755. The maximum Gasteiger partial charge on any atom is 0.330 e. The number of carbonyl (C=O) groups excluding carboxylic acids is 2. The van der Waals surface area contributed by atoms with Gasteiger partial charge in [-0.2, -0.15) is 0 Å². The summed E-state index contributed by atoms with van der Waals surface area (Å²) in [5, 5.41) is 2.77. The summed E-state index contributed by atoms with van der Waals surface area (Å²) in [6.45, 7) is 3.72. The Morgan fingerprint density at radius 2 is 1.94 bits per heavy atom. The van der Waals surface area contributed by atoms with Crippen LogP contribution in [0.4, 0.5) is 11.5 Å². The van der Waals surface area contributed by atoms with Crippen molar-refractivity contribution in [3.05, 3.63) is 56.7 Å². The summed E-state index contributed by atoms with van der Waals surface area (Å²) in [6.07, 6.45) is 0.499. The van der Waals surface area contributed by atoms with E-state index in [-0.39, 0.29) is 37.0 Å². The van der Waals surface area contributed by atoms with Crippen LogP contribution >= 0.6 is 0 Å². The number of hydrogen-bond donors (Lipinski definition) is 3. The summed E-state index contributed by atoms with van der Waals surface area (Å²) in [5.41, 5.74) is 5.40. The second-order valence-electron chi connectivity index (χ2n) is 7.05. The van der Waals surface area contributed by atoms with E-state index in [1.807, 2.05) is 13.0 Å². The molecule has 4 N–H and O–H groups in total. The first-order valence-corrected chi connectivity index (χ1v) is 10.0. The van der Waals surface area contributed by atoms with Gasteiger partial charge in [-0.05, 0) is 12.0 Å². The Morgan fingerprint density at radius 3 is 2.52 bits per heavy atom. The molecular formula is C21H29N5O5. The number of rotatable bonds is 10. The third-order valence-corrected chi connectivity index (χ3v) is 4.71. The zero-order chi connectivity index (χ0) is 23.0. The smallest absolute Gasteiger partial charge is 0.330 e. The molecule has 2 rings (SSSR count). The Morgan fingerprint density at radius 1 is 1.26 bits per heavy atom. The summed E-state index contributed by atoms with van der Waals surface area (Å²) in [7, 11) is 1.47. The zero-order valence-corrected chi connectivity index (χ0v) is 18.0. The number of methoxy groups -OCH3 is 1. The Bertz CT molecular complexity index is 1020. The molecule has 2 aromatic rings. The Balaban J connectivity index is 2.47. The number of carbonyl (C=O) groups is 2. The lowest BCUT2D eigenvalue weighted by atomic mass is 10.0. The molecule has 31 heavy (non-hydrogen) atoms. The van der Waals surface area contributed by atoms with Gasteiger partial charge in [0, 0.05) is 27.1 Å². The number of amides is 2. The largest absolute Gasteiger partial charge is 0.383 e. The molecule has 10 nitrogen and oxygen atoms in total. The highest BCUT2D eigenvalue weighted by atomic mass is 16.5. The number of aromatic amines is 1. The number of hydrogen-bond acceptors (Lipinski definition) is 6. The highest BCUT2D eigenvalue weighted by molar-refractivity contribution is 5.96. The zero-order valence-electron chi connectivity index (χ0n) is 18.0. The molecule has 0 saturated heterocycles. The lowest BCUT2D eigenvalue weighted by molar-refractivity contribution is -0.121. The molecule has 1 heterocycles. The standard InChI is InChI=1S/C21H29N5O5/c1-4-10-26-19(22)18(20(29)24-21(26)30)25(11-12-31-3)17(28)13-16(23-14(2)27)15-8-6-5-7-9-15/h5-9,16H,4,10-13,22H2,1-3H3,(H,23,27)(H,24,29,30). The fourth-order valence-electron chi connectivity index (χ4n) is 3.30. The van der Waals surface area contributed by atoms with E-state index in [1.165, 1.54) is 23.5 Å². The van der Waals surface area contributed by atoms with Gasteiger partial charge in [0.15, 0.2) is 5.69 Å². The highest BCUT2D eigenvalue weighted by Gasteiger charge is 2.27. The summed E-state index contributed by atoms with van der Waals surface area (Å²) in [6, 6.07) is 8.45. The van der Waals surface area contributed by atoms with E-state index in [0.717, 1.165) is 5.56 Å². The van der Waals surface area contributed by atoms with Crippen molar-refractivity contribution in [1.82, 2.24) is 14.9 Å². The molecule has 168 valence electrons. The van der Waals surface area contributed by atoms with Crippen LogP contribution in [0.5, 0.6) is 0 Å². The van der Waals surface area contributed by atoms with Crippen LogP contribution in [0.1, 0.15) is 38.3 Å². The van der Waals surface area contributed by atoms with Crippen LogP contribution in [0.25, 0.3) is 0 Å². The molecule has 1 aromatic heterocycles. The molecule has 0 spiro atoms. The number of nitrogens with zero attached hydrogens (tertiary/aromatic N) is 2. The normalized spacial score (nSPS) is 11.7. The number of anilines is 2. The molecule has 0 aliphatic heterocycles. The molecule has 1 unspecified atom stereocenters. The number of aromatic nitrogens is 2. The summed E-state index contributed by atoms with van der Waals surface area (Å²) >= 11 is 0. The minimum Gasteiger partial charge on any atom is -0.383 e. The van der Waals surface area contributed by atoms with Crippen LogP contribution in [0.3, 0.4) is 0 Å². The molecule has 0 fully saturated rings. The van der Waals surface area contributed by atoms with E-state index in [4.69, 9.17) is 10.5 Å². The van der Waals surface area contributed by atoms with Crippen molar-refractivity contribution in [1.29, 1.82) is 0 Å². The van der Waals surface area contributed by atoms with Crippen molar-refractivity contribution in [3.8, 4) is 0 Å². The van der Waals surface area contributed by atoms with Crippen molar-refractivity contribution in [2.45, 2.75) is 39.3 Å². The predicted octanol–water partition coefficient (Wildman–Crippen LogP) is 0.776. The second-order valence-corrected chi connectivity index (χ2v) is 7.05. The molecular weight excluding hydrogens is 402 g/mol. The summed E-state index contributed by atoms with van der Waals surface area (Å²) in [5.74, 6) is -0.826. The van der Waals surface area contributed by atoms with Crippen molar-refractivity contribution in [2.24, 2.45) is 0 Å². The minimum absolute atomic E-state index is 0.0501. The van der Waals surface area contributed by atoms with Gasteiger partial charge < -0.3 is 20.7 Å². The van der Waals surface area contributed by atoms with Gasteiger partial charge in [-0.3, -0.25) is 23.9 Å². The van der Waals surface area contributed by atoms with Crippen LogP contribution < -0.4 is 27.2 Å². The van der Waals surface area contributed by atoms with Crippen LogP contribution in [0, 0.1) is 0 Å². The predicted molar refractivity (Wildman–Crippen MR) is 118 cm³/mol. The molecule has 0 bridgehead atoms. The van der Waals surface area contributed by atoms with Crippen LogP contribution in [0.2, 0.25) is 0 Å². The molecule has 2 amide bonds. The van der Waals surface area contributed by atoms with Crippen molar-refractivity contribution in [3.63, 3.8) is 0 Å². The van der Waals surface area contributed by atoms with Gasteiger partial charge in [-0.15, -0.1) is 0 Å². The molecule has 10 heteroatoms. The SMILES string of the molecule is CCCn1c(N)c(N(CCOC)C(=O)CC(NC(C)=O)c2ccccc2)c(=O)[nH]c1=O. The Hall–Kier alpha value is -3.40. The maximum absolute atomic E-state index is 13.3. The molecule has 1 aromatic carbocycles. The monoisotopic (exact) mass is 431 g/mol. The van der Waals surface area contributed by atoms with Crippen LogP contribution in [0.15, 0.2) is 39.9 Å². The van der Waals surface area contributed by atoms with Crippen molar-refractivity contribution < 1.29 is 14.3 Å². The molecule has 0 aliphatic carbocycles. The van der Waals surface area contributed by atoms with E-state index < -0.39 is 23.2 Å². The number of H-pyrrole nitrogens is 1. The van der Waals surface area contributed by atoms with Crippen LogP contribution in [-0.2, 0) is 20.9 Å². The fourth-order valence-corrected chi connectivity index (χ4v) is 3.30. The number of ether oxygens (including phenoxy) is 1. The average molecular weight is 431 g/mol. The van der Waals surface area contributed by atoms with Crippen molar-refractivity contribution in [2.75, 3.05) is 30.9 Å². The first-order chi connectivity index (χ1) is 14.8. The lowest BCUT2D eigenvalue weighted by Gasteiger charge is -2.26. The van der Waals surface area contributed by atoms with Crippen LogP contribution in [-0.4, -0.2) is 41.6 Å². The average Bonchev–Trinajstić information content (AvgIpc) is 2.73.